The van der Waals surface area contributed by atoms with E-state index >= 15 is 0 Å². The van der Waals surface area contributed by atoms with Gasteiger partial charge in [-0.3, -0.25) is 4.79 Å². The first-order valence-corrected chi connectivity index (χ1v) is 5.64. The number of likely N-dealkylation sites (tertiary alicyclic amines) is 1. The summed E-state index contributed by atoms with van der Waals surface area (Å²) in [6, 6.07) is 0.0177. The Morgan fingerprint density at radius 2 is 2.25 bits per heavy atom. The molecule has 0 bridgehead atoms. The van der Waals surface area contributed by atoms with Crippen molar-refractivity contribution in [3.63, 3.8) is 0 Å². The molecule has 2 fully saturated rings. The zero-order valence-electron chi connectivity index (χ0n) is 9.44. The second-order valence-corrected chi connectivity index (χ2v) is 4.67. The zero-order chi connectivity index (χ0) is 11.8. The minimum absolute atomic E-state index is 0.0177. The number of methoxy groups -OCH3 is 1. The number of aliphatic hydroxyl groups excluding tert-OH is 1. The van der Waals surface area contributed by atoms with Gasteiger partial charge in [-0.2, -0.15) is 0 Å². The quantitative estimate of drug-likeness (QED) is 0.502. The predicted octanol–water partition coefficient (Wildman–Crippen LogP) is -0.0771. The normalized spacial score (nSPS) is 32.6. The van der Waals surface area contributed by atoms with Crippen LogP contribution in [-0.4, -0.2) is 48.2 Å². The van der Waals surface area contributed by atoms with Gasteiger partial charge in [-0.25, -0.2) is 4.79 Å². The SMILES string of the molecule is COC(=O)C(=O)N1CC[C@@]2(CO)CCC[C@@H]12. The Morgan fingerprint density at radius 1 is 1.50 bits per heavy atom. The lowest BCUT2D eigenvalue weighted by Gasteiger charge is -2.29. The van der Waals surface area contributed by atoms with Gasteiger partial charge in [0.15, 0.2) is 0 Å². The van der Waals surface area contributed by atoms with Crippen molar-refractivity contribution in [2.75, 3.05) is 20.3 Å². The van der Waals surface area contributed by atoms with Crippen LogP contribution >= 0.6 is 0 Å². The third-order valence-corrected chi connectivity index (χ3v) is 4.02. The molecule has 1 saturated carbocycles. The van der Waals surface area contributed by atoms with Crippen LogP contribution in [-0.2, 0) is 14.3 Å². The number of nitrogens with zero attached hydrogens (tertiary/aromatic N) is 1. The first kappa shape index (κ1) is 11.4. The maximum absolute atomic E-state index is 11.7. The van der Waals surface area contributed by atoms with E-state index in [-0.39, 0.29) is 18.1 Å². The van der Waals surface area contributed by atoms with E-state index in [1.807, 2.05) is 0 Å². The van der Waals surface area contributed by atoms with Crippen LogP contribution in [0, 0.1) is 5.41 Å². The fourth-order valence-corrected chi connectivity index (χ4v) is 3.11. The lowest BCUT2D eigenvalue weighted by molar-refractivity contribution is -0.159. The summed E-state index contributed by atoms with van der Waals surface area (Å²) >= 11 is 0. The fraction of sp³-hybridized carbons (Fsp3) is 0.818. The van der Waals surface area contributed by atoms with Gasteiger partial charge in [0.25, 0.3) is 0 Å². The highest BCUT2D eigenvalue weighted by atomic mass is 16.5. The average Bonchev–Trinajstić information content (AvgIpc) is 2.85. The number of amides is 1. The smallest absolute Gasteiger partial charge is 0.396 e. The van der Waals surface area contributed by atoms with Crippen molar-refractivity contribution in [3.8, 4) is 0 Å². The minimum atomic E-state index is -0.805. The summed E-state index contributed by atoms with van der Waals surface area (Å²) in [6.07, 6.45) is 3.62. The van der Waals surface area contributed by atoms with Gasteiger partial charge in [-0.05, 0) is 19.3 Å². The summed E-state index contributed by atoms with van der Waals surface area (Å²) in [7, 11) is 1.21. The lowest BCUT2D eigenvalue weighted by atomic mass is 9.83. The molecule has 0 aromatic carbocycles. The summed E-state index contributed by atoms with van der Waals surface area (Å²) < 4.78 is 4.45. The van der Waals surface area contributed by atoms with Crippen molar-refractivity contribution in [2.45, 2.75) is 31.7 Å². The number of esters is 1. The maximum atomic E-state index is 11.7. The van der Waals surface area contributed by atoms with E-state index < -0.39 is 11.9 Å². The third-order valence-electron chi connectivity index (χ3n) is 4.02. The number of carbonyl (C=O) groups is 2. The van der Waals surface area contributed by atoms with Crippen molar-refractivity contribution < 1.29 is 19.4 Å². The Balaban J connectivity index is 2.15. The van der Waals surface area contributed by atoms with Gasteiger partial charge in [-0.1, -0.05) is 6.42 Å². The molecule has 2 atom stereocenters. The molecule has 5 heteroatoms. The van der Waals surface area contributed by atoms with Crippen molar-refractivity contribution in [1.29, 1.82) is 0 Å². The number of hydrogen-bond donors (Lipinski definition) is 1. The predicted molar refractivity (Wildman–Crippen MR) is 55.5 cm³/mol. The molecule has 1 heterocycles. The van der Waals surface area contributed by atoms with Gasteiger partial charge < -0.3 is 14.7 Å². The van der Waals surface area contributed by atoms with Crippen LogP contribution in [0.25, 0.3) is 0 Å². The second kappa shape index (κ2) is 4.05. The maximum Gasteiger partial charge on any atom is 0.396 e. The monoisotopic (exact) mass is 227 g/mol. The van der Waals surface area contributed by atoms with Gasteiger partial charge in [-0.15, -0.1) is 0 Å². The van der Waals surface area contributed by atoms with Crippen LogP contribution in [0.2, 0.25) is 0 Å². The molecule has 2 aliphatic rings. The van der Waals surface area contributed by atoms with Crippen LogP contribution in [0.1, 0.15) is 25.7 Å². The Kier molecular flexibility index (Phi) is 2.88. The van der Waals surface area contributed by atoms with E-state index in [0.717, 1.165) is 25.7 Å². The Morgan fingerprint density at radius 3 is 2.88 bits per heavy atom. The molecule has 1 aliphatic carbocycles. The number of rotatable bonds is 1. The van der Waals surface area contributed by atoms with Crippen molar-refractivity contribution >= 4 is 11.9 Å². The van der Waals surface area contributed by atoms with E-state index in [4.69, 9.17) is 0 Å². The first-order valence-electron chi connectivity index (χ1n) is 5.64. The van der Waals surface area contributed by atoms with Gasteiger partial charge in [0, 0.05) is 18.0 Å². The second-order valence-electron chi connectivity index (χ2n) is 4.67. The van der Waals surface area contributed by atoms with Crippen molar-refractivity contribution in [3.05, 3.63) is 0 Å². The summed E-state index contributed by atoms with van der Waals surface area (Å²) in [5.41, 5.74) is -0.163. The number of fused-ring (bicyclic) bond motifs is 1. The van der Waals surface area contributed by atoms with Crippen LogP contribution in [0.4, 0.5) is 0 Å². The molecule has 0 spiro atoms. The molecule has 1 amide bonds. The lowest BCUT2D eigenvalue weighted by Crippen LogP contribution is -2.44. The molecule has 1 N–H and O–H groups in total. The fourth-order valence-electron chi connectivity index (χ4n) is 3.11. The number of ether oxygens (including phenoxy) is 1. The number of hydrogen-bond acceptors (Lipinski definition) is 4. The van der Waals surface area contributed by atoms with E-state index in [1.165, 1.54) is 7.11 Å². The first-order chi connectivity index (χ1) is 7.64. The highest BCUT2D eigenvalue weighted by molar-refractivity contribution is 6.32. The Labute approximate surface area is 94.4 Å². The molecule has 16 heavy (non-hydrogen) atoms. The van der Waals surface area contributed by atoms with E-state index in [1.54, 1.807) is 4.90 Å². The van der Waals surface area contributed by atoms with E-state index in [2.05, 4.69) is 4.74 Å². The molecule has 1 saturated heterocycles. The van der Waals surface area contributed by atoms with Crippen LogP contribution in [0.5, 0.6) is 0 Å². The minimum Gasteiger partial charge on any atom is -0.462 e. The summed E-state index contributed by atoms with van der Waals surface area (Å²) in [4.78, 5) is 24.5. The van der Waals surface area contributed by atoms with Crippen molar-refractivity contribution in [2.24, 2.45) is 5.41 Å². The molecular weight excluding hydrogens is 210 g/mol. The van der Waals surface area contributed by atoms with E-state index in [0.29, 0.717) is 6.54 Å². The molecule has 90 valence electrons. The van der Waals surface area contributed by atoms with Crippen LogP contribution in [0.3, 0.4) is 0 Å². The van der Waals surface area contributed by atoms with Gasteiger partial charge in [0.1, 0.15) is 0 Å². The third kappa shape index (κ3) is 1.50. The number of aliphatic hydroxyl groups is 1. The van der Waals surface area contributed by atoms with E-state index in [9.17, 15) is 14.7 Å². The molecule has 1 aliphatic heterocycles. The Bertz CT molecular complexity index is 317. The highest BCUT2D eigenvalue weighted by Gasteiger charge is 2.52. The molecule has 2 rings (SSSR count). The van der Waals surface area contributed by atoms with Crippen LogP contribution < -0.4 is 0 Å². The average molecular weight is 227 g/mol. The molecule has 0 unspecified atom stereocenters. The molecule has 0 radical (unpaired) electrons. The molecular formula is C11H17NO4. The number of carbonyl (C=O) groups excluding carboxylic acids is 2. The largest absolute Gasteiger partial charge is 0.462 e. The molecule has 0 aromatic heterocycles. The Hall–Kier alpha value is -1.10. The molecule has 5 nitrogen and oxygen atoms in total. The van der Waals surface area contributed by atoms with Gasteiger partial charge >= 0.3 is 11.9 Å². The van der Waals surface area contributed by atoms with Crippen molar-refractivity contribution in [1.82, 2.24) is 4.90 Å². The topological polar surface area (TPSA) is 66.8 Å². The summed E-state index contributed by atoms with van der Waals surface area (Å²) in [5.74, 6) is -1.37. The van der Waals surface area contributed by atoms with Gasteiger partial charge in [0.05, 0.1) is 13.7 Å². The standard InChI is InChI=1S/C11H17NO4/c1-16-10(15)9(14)12-6-5-11(7-13)4-2-3-8(11)12/h8,13H,2-7H2,1H3/t8-,11-/m1/s1. The summed E-state index contributed by atoms with van der Waals surface area (Å²) in [5, 5.41) is 9.47. The summed E-state index contributed by atoms with van der Waals surface area (Å²) in [6.45, 7) is 0.655. The highest BCUT2D eigenvalue weighted by Crippen LogP contribution is 2.48. The molecule has 0 aromatic rings. The zero-order valence-corrected chi connectivity index (χ0v) is 9.44. The van der Waals surface area contributed by atoms with Gasteiger partial charge in [0.2, 0.25) is 0 Å². The van der Waals surface area contributed by atoms with Crippen LogP contribution in [0.15, 0.2) is 0 Å².